The molecule has 0 bridgehead atoms. The Morgan fingerprint density at radius 1 is 1.08 bits per heavy atom. The Balaban J connectivity index is 1.46. The molecule has 0 aliphatic carbocycles. The number of aliphatic imine (C=N–C) groups is 1. The van der Waals surface area contributed by atoms with E-state index in [0.29, 0.717) is 30.3 Å². The van der Waals surface area contributed by atoms with Crippen molar-refractivity contribution in [1.82, 2.24) is 5.01 Å². The summed E-state index contributed by atoms with van der Waals surface area (Å²) in [7, 11) is -2.09. The molecule has 1 amide bonds. The molecular weight excluding hydrogens is 504 g/mol. The van der Waals surface area contributed by atoms with Crippen LogP contribution in [-0.2, 0) is 14.6 Å². The first-order valence-electron chi connectivity index (χ1n) is 10.9. The number of rotatable bonds is 8. The Morgan fingerprint density at radius 3 is 2.50 bits per heavy atom. The molecule has 2 heterocycles. The van der Waals surface area contributed by atoms with Crippen LogP contribution in [0.4, 0.5) is 0 Å². The van der Waals surface area contributed by atoms with Crippen molar-refractivity contribution in [2.75, 3.05) is 26.1 Å². The molecule has 0 saturated heterocycles. The molecule has 0 spiro atoms. The fraction of sp³-hybridized carbons (Fsp3) is 0.250. The molecule has 188 valence electrons. The number of carbonyl (C=O) groups is 1. The fourth-order valence-corrected chi connectivity index (χ4v) is 5.39. The molecule has 2 aromatic rings. The van der Waals surface area contributed by atoms with Gasteiger partial charge in [-0.05, 0) is 54.6 Å². The van der Waals surface area contributed by atoms with Crippen molar-refractivity contribution in [2.45, 2.75) is 13.8 Å². The molecule has 4 rings (SSSR count). The molecule has 2 aliphatic rings. The van der Waals surface area contributed by atoms with Crippen LogP contribution in [0.2, 0.25) is 0 Å². The van der Waals surface area contributed by atoms with E-state index in [4.69, 9.17) is 19.6 Å². The molecular formula is C24H24N4O6S2. The third kappa shape index (κ3) is 5.44. The summed E-state index contributed by atoms with van der Waals surface area (Å²) < 4.78 is 41.0. The van der Waals surface area contributed by atoms with Gasteiger partial charge >= 0.3 is 0 Å². The second-order valence-corrected chi connectivity index (χ2v) is 11.1. The number of hydrazone groups is 1. The molecule has 2 aliphatic heterocycles. The van der Waals surface area contributed by atoms with Crippen LogP contribution in [0, 0.1) is 12.3 Å². The lowest BCUT2D eigenvalue weighted by molar-refractivity contribution is -0.114. The summed E-state index contributed by atoms with van der Waals surface area (Å²) in [5, 5.41) is 13.5. The predicted molar refractivity (Wildman–Crippen MR) is 140 cm³/mol. The fourth-order valence-electron chi connectivity index (χ4n) is 3.23. The monoisotopic (exact) mass is 528 g/mol. The number of sulfone groups is 1. The number of hydrogen-bond acceptors (Lipinski definition) is 9. The number of ether oxygens (including phenoxy) is 3. The second kappa shape index (κ2) is 10.5. The summed E-state index contributed by atoms with van der Waals surface area (Å²) in [4.78, 5) is 16.5. The van der Waals surface area contributed by atoms with Gasteiger partial charge in [0.25, 0.3) is 5.91 Å². The van der Waals surface area contributed by atoms with E-state index in [1.54, 1.807) is 18.2 Å². The van der Waals surface area contributed by atoms with E-state index in [-0.39, 0.29) is 26.7 Å². The van der Waals surface area contributed by atoms with Crippen molar-refractivity contribution in [2.24, 2.45) is 10.1 Å². The highest BCUT2D eigenvalue weighted by Gasteiger charge is 2.39. The van der Waals surface area contributed by atoms with Gasteiger partial charge in [-0.15, -0.1) is 5.10 Å². The van der Waals surface area contributed by atoms with Crippen LogP contribution in [0.1, 0.15) is 18.1 Å². The van der Waals surface area contributed by atoms with Gasteiger partial charge in [-0.2, -0.15) is 10.0 Å². The largest absolute Gasteiger partial charge is 0.493 e. The van der Waals surface area contributed by atoms with Gasteiger partial charge in [-0.1, -0.05) is 30.7 Å². The smallest absolute Gasteiger partial charge is 0.283 e. The van der Waals surface area contributed by atoms with Crippen molar-refractivity contribution >= 4 is 49.0 Å². The molecule has 10 nitrogen and oxygen atoms in total. The van der Waals surface area contributed by atoms with Crippen LogP contribution >= 0.6 is 11.8 Å². The van der Waals surface area contributed by atoms with Gasteiger partial charge in [0.15, 0.2) is 17.3 Å². The number of hydrogen-bond donors (Lipinski definition) is 1. The Labute approximate surface area is 213 Å². The number of nitrogens with zero attached hydrogens (tertiary/aromatic N) is 3. The number of carbonyl (C=O) groups excluding carboxylic acids is 1. The molecule has 0 saturated carbocycles. The van der Waals surface area contributed by atoms with E-state index in [9.17, 15) is 13.2 Å². The third-order valence-electron chi connectivity index (χ3n) is 5.21. The van der Waals surface area contributed by atoms with Crippen LogP contribution in [0.3, 0.4) is 0 Å². The van der Waals surface area contributed by atoms with E-state index in [1.807, 2.05) is 31.2 Å². The summed E-state index contributed by atoms with van der Waals surface area (Å²) in [6.45, 7) is 4.13. The summed E-state index contributed by atoms with van der Waals surface area (Å²) in [6.07, 6.45) is 1.48. The Hall–Kier alpha value is -3.64. The minimum atomic E-state index is -3.59. The quantitative estimate of drug-likeness (QED) is 0.407. The van der Waals surface area contributed by atoms with Gasteiger partial charge in [0.05, 0.1) is 18.4 Å². The highest BCUT2D eigenvalue weighted by Crippen LogP contribution is 2.32. The number of aryl methyl sites for hydroxylation is 1. The van der Waals surface area contributed by atoms with E-state index in [2.05, 4.69) is 10.1 Å². The normalized spacial score (nSPS) is 16.5. The lowest BCUT2D eigenvalue weighted by atomic mass is 10.1. The van der Waals surface area contributed by atoms with Crippen molar-refractivity contribution < 1.29 is 27.4 Å². The molecule has 0 fully saturated rings. The zero-order valence-electron chi connectivity index (χ0n) is 19.8. The lowest BCUT2D eigenvalue weighted by Gasteiger charge is -2.20. The maximum absolute atomic E-state index is 12.6. The molecule has 0 radical (unpaired) electrons. The topological polar surface area (TPSA) is 131 Å². The van der Waals surface area contributed by atoms with Crippen molar-refractivity contribution in [1.29, 1.82) is 5.41 Å². The van der Waals surface area contributed by atoms with E-state index >= 15 is 0 Å². The summed E-state index contributed by atoms with van der Waals surface area (Å²) in [6, 6.07) is 12.8. The van der Waals surface area contributed by atoms with Crippen molar-refractivity contribution in [3.8, 4) is 17.2 Å². The highest BCUT2D eigenvalue weighted by atomic mass is 32.3. The molecule has 36 heavy (non-hydrogen) atoms. The van der Waals surface area contributed by atoms with E-state index < -0.39 is 15.7 Å². The molecule has 1 N–H and O–H groups in total. The number of thioether (sulfide) groups is 1. The molecule has 0 aromatic heterocycles. The molecule has 0 unspecified atom stereocenters. The van der Waals surface area contributed by atoms with Crippen LogP contribution in [-0.4, -0.2) is 60.8 Å². The number of methoxy groups -OCH3 is 1. The number of amides is 1. The zero-order valence-corrected chi connectivity index (χ0v) is 21.5. The minimum Gasteiger partial charge on any atom is -0.493 e. The predicted octanol–water partition coefficient (Wildman–Crippen LogP) is 3.47. The van der Waals surface area contributed by atoms with Crippen molar-refractivity contribution in [3.63, 3.8) is 0 Å². The minimum absolute atomic E-state index is 0.0273. The Morgan fingerprint density at radius 2 is 1.81 bits per heavy atom. The first-order valence-corrected chi connectivity index (χ1v) is 13.4. The molecule has 2 aromatic carbocycles. The van der Waals surface area contributed by atoms with Crippen LogP contribution in [0.15, 0.2) is 58.1 Å². The summed E-state index contributed by atoms with van der Waals surface area (Å²) in [5.41, 5.74) is 1.69. The van der Waals surface area contributed by atoms with Gasteiger partial charge < -0.3 is 14.2 Å². The van der Waals surface area contributed by atoms with Crippen LogP contribution in [0.5, 0.6) is 17.2 Å². The van der Waals surface area contributed by atoms with Gasteiger partial charge in [-0.25, -0.2) is 8.42 Å². The first kappa shape index (κ1) is 25.5. The first-order chi connectivity index (χ1) is 17.2. The average molecular weight is 529 g/mol. The number of fused-ring (bicyclic) bond motifs is 1. The van der Waals surface area contributed by atoms with Gasteiger partial charge in [0, 0.05) is 0 Å². The number of benzene rings is 2. The van der Waals surface area contributed by atoms with Gasteiger partial charge in [0.2, 0.25) is 19.4 Å². The molecule has 12 heteroatoms. The standard InChI is InChI=1S/C24H24N4O6S2/c1-4-36(30,31)24-27-28-21(25)18(22(29)26-23(28)35-24)13-16-7-10-19(20(14-16)32-3)34-12-11-33-17-8-5-15(2)6-9-17/h5-10,13-14,25H,4,11-12H2,1-3H3/b18-13-,25-21?. The second-order valence-electron chi connectivity index (χ2n) is 7.71. The maximum Gasteiger partial charge on any atom is 0.283 e. The van der Waals surface area contributed by atoms with Crippen LogP contribution in [0.25, 0.3) is 6.08 Å². The van der Waals surface area contributed by atoms with Crippen LogP contribution < -0.4 is 14.2 Å². The number of amidine groups is 2. The SMILES string of the molecule is CCS(=O)(=O)C1=NN2C(=N)/C(=C/c3ccc(OCCOc4ccc(C)cc4)c(OC)c3)C(=O)N=C2S1. The maximum atomic E-state index is 12.6. The highest BCUT2D eigenvalue weighted by molar-refractivity contribution is 8.42. The van der Waals surface area contributed by atoms with Gasteiger partial charge in [0.1, 0.15) is 19.0 Å². The Bertz CT molecular complexity index is 1400. The number of nitrogens with one attached hydrogen (secondary N) is 1. The van der Waals surface area contributed by atoms with E-state index in [1.165, 1.54) is 20.1 Å². The summed E-state index contributed by atoms with van der Waals surface area (Å²) in [5.74, 6) is 0.625. The third-order valence-corrected chi connectivity index (χ3v) is 8.30. The zero-order chi connectivity index (χ0) is 25.9. The Kier molecular flexibility index (Phi) is 7.45. The average Bonchev–Trinajstić information content (AvgIpc) is 3.31. The van der Waals surface area contributed by atoms with Crippen molar-refractivity contribution in [3.05, 3.63) is 59.2 Å². The molecule has 0 atom stereocenters. The summed E-state index contributed by atoms with van der Waals surface area (Å²) >= 11 is 0.761. The lowest BCUT2D eigenvalue weighted by Crippen LogP contribution is -2.35. The van der Waals surface area contributed by atoms with Gasteiger partial charge in [-0.3, -0.25) is 10.2 Å². The van der Waals surface area contributed by atoms with E-state index in [0.717, 1.165) is 28.1 Å².